The van der Waals surface area contributed by atoms with Crippen LogP contribution in [0.2, 0.25) is 0 Å². The fourth-order valence-corrected chi connectivity index (χ4v) is 2.33. The second-order valence-corrected chi connectivity index (χ2v) is 6.96. The van der Waals surface area contributed by atoms with Gasteiger partial charge >= 0.3 is 0 Å². The van der Waals surface area contributed by atoms with Gasteiger partial charge in [0.05, 0.1) is 11.9 Å². The highest BCUT2D eigenvalue weighted by Gasteiger charge is 2.12. The molecule has 1 N–H and O–H groups in total. The number of hydrogen-bond donors (Lipinski definition) is 1. The molecule has 4 nitrogen and oxygen atoms in total. The third-order valence-electron chi connectivity index (χ3n) is 2.55. The van der Waals surface area contributed by atoms with E-state index in [1.165, 1.54) is 6.26 Å². The molecule has 1 atom stereocenters. The lowest BCUT2D eigenvalue weighted by atomic mass is 10.2. The Balaban J connectivity index is 2.61. The average Bonchev–Trinajstić information content (AvgIpc) is 2.25. The van der Waals surface area contributed by atoms with Gasteiger partial charge in [-0.1, -0.05) is 30.3 Å². The summed E-state index contributed by atoms with van der Waals surface area (Å²) in [5.74, 6) is 0.118. The third-order valence-corrected chi connectivity index (χ3v) is 3.47. The summed E-state index contributed by atoms with van der Waals surface area (Å²) in [5, 5.41) is 9.44. The molecule has 1 aromatic carbocycles. The Bertz CT molecular complexity index is 443. The molecule has 0 aliphatic rings. The number of rotatable bonds is 7. The molecule has 0 aromatic heterocycles. The molecule has 0 bridgehead atoms. The summed E-state index contributed by atoms with van der Waals surface area (Å²) < 4.78 is 22.4. The number of hydrogen-bond acceptors (Lipinski definition) is 4. The molecule has 0 amide bonds. The molecule has 0 aliphatic heterocycles. The van der Waals surface area contributed by atoms with Crippen LogP contribution in [0.5, 0.6) is 0 Å². The van der Waals surface area contributed by atoms with E-state index < -0.39 is 15.9 Å². The molecule has 0 saturated carbocycles. The van der Waals surface area contributed by atoms with E-state index in [0.29, 0.717) is 19.6 Å². The minimum Gasteiger partial charge on any atom is -0.392 e. The molecule has 0 saturated heterocycles. The molecule has 102 valence electrons. The second kappa shape index (κ2) is 6.87. The lowest BCUT2D eigenvalue weighted by Crippen LogP contribution is -2.34. The average molecular weight is 271 g/mol. The van der Waals surface area contributed by atoms with Gasteiger partial charge in [-0.25, -0.2) is 8.42 Å². The number of benzene rings is 1. The van der Waals surface area contributed by atoms with Gasteiger partial charge in [-0.05, 0) is 12.5 Å². The zero-order chi connectivity index (χ0) is 13.6. The summed E-state index contributed by atoms with van der Waals surface area (Å²) in [6.45, 7) is 3.28. The highest BCUT2D eigenvalue weighted by Crippen LogP contribution is 2.05. The fraction of sp³-hybridized carbons (Fsp3) is 0.538. The predicted molar refractivity (Wildman–Crippen MR) is 73.1 cm³/mol. The Hall–Kier alpha value is -0.910. The van der Waals surface area contributed by atoms with E-state index >= 15 is 0 Å². The molecule has 1 rings (SSSR count). The second-order valence-electron chi connectivity index (χ2n) is 4.70. The monoisotopic (exact) mass is 271 g/mol. The van der Waals surface area contributed by atoms with Crippen LogP contribution in [0, 0.1) is 0 Å². The smallest absolute Gasteiger partial charge is 0.148 e. The summed E-state index contributed by atoms with van der Waals surface area (Å²) in [6.07, 6.45) is 0.768. The van der Waals surface area contributed by atoms with Gasteiger partial charge in [0, 0.05) is 25.9 Å². The molecular formula is C13H21NO3S. The largest absolute Gasteiger partial charge is 0.392 e. The molecule has 5 heteroatoms. The number of aliphatic hydroxyl groups is 1. The quantitative estimate of drug-likeness (QED) is 0.801. The van der Waals surface area contributed by atoms with Crippen LogP contribution in [0.3, 0.4) is 0 Å². The van der Waals surface area contributed by atoms with Gasteiger partial charge in [0.1, 0.15) is 9.84 Å². The van der Waals surface area contributed by atoms with Crippen molar-refractivity contribution in [3.63, 3.8) is 0 Å². The van der Waals surface area contributed by atoms with Crippen molar-refractivity contribution in [2.24, 2.45) is 0 Å². The van der Waals surface area contributed by atoms with Gasteiger partial charge in [0.25, 0.3) is 0 Å². The lowest BCUT2D eigenvalue weighted by Gasteiger charge is -2.23. The first kappa shape index (κ1) is 15.1. The van der Waals surface area contributed by atoms with Crippen LogP contribution in [0.15, 0.2) is 30.3 Å². The van der Waals surface area contributed by atoms with Gasteiger partial charge in [-0.3, -0.25) is 4.90 Å². The molecular weight excluding hydrogens is 250 g/mol. The Morgan fingerprint density at radius 1 is 1.28 bits per heavy atom. The van der Waals surface area contributed by atoms with Crippen LogP contribution in [0.1, 0.15) is 12.5 Å². The molecule has 18 heavy (non-hydrogen) atoms. The topological polar surface area (TPSA) is 57.6 Å². The number of aliphatic hydroxyl groups excluding tert-OH is 1. The van der Waals surface area contributed by atoms with Crippen LogP contribution in [0.25, 0.3) is 0 Å². The Morgan fingerprint density at radius 3 is 2.39 bits per heavy atom. The van der Waals surface area contributed by atoms with Crippen LogP contribution >= 0.6 is 0 Å². The highest BCUT2D eigenvalue weighted by atomic mass is 32.2. The van der Waals surface area contributed by atoms with Crippen molar-refractivity contribution in [2.45, 2.75) is 19.6 Å². The van der Waals surface area contributed by atoms with E-state index in [4.69, 9.17) is 0 Å². The first-order chi connectivity index (χ1) is 8.37. The number of sulfone groups is 1. The molecule has 0 unspecified atom stereocenters. The maximum atomic E-state index is 11.2. The SMILES string of the molecule is C[C@H](O)CN(CCS(C)(=O)=O)Cc1ccccc1. The van der Waals surface area contributed by atoms with E-state index in [-0.39, 0.29) is 5.75 Å². The van der Waals surface area contributed by atoms with Gasteiger partial charge in [0.2, 0.25) is 0 Å². The first-order valence-corrected chi connectivity index (χ1v) is 8.05. The number of nitrogens with zero attached hydrogens (tertiary/aromatic N) is 1. The summed E-state index contributed by atoms with van der Waals surface area (Å²) in [6, 6.07) is 9.84. The van der Waals surface area contributed by atoms with Crippen molar-refractivity contribution in [1.29, 1.82) is 0 Å². The van der Waals surface area contributed by atoms with E-state index in [0.717, 1.165) is 5.56 Å². The highest BCUT2D eigenvalue weighted by molar-refractivity contribution is 7.90. The van der Waals surface area contributed by atoms with E-state index in [1.807, 2.05) is 35.2 Å². The zero-order valence-corrected chi connectivity index (χ0v) is 11.7. The molecule has 0 aliphatic carbocycles. The minimum atomic E-state index is -2.97. The maximum Gasteiger partial charge on any atom is 0.148 e. The summed E-state index contributed by atoms with van der Waals surface area (Å²) in [4.78, 5) is 1.96. The van der Waals surface area contributed by atoms with E-state index in [2.05, 4.69) is 0 Å². The Kier molecular flexibility index (Phi) is 5.78. The van der Waals surface area contributed by atoms with E-state index in [1.54, 1.807) is 6.92 Å². The molecule has 0 fully saturated rings. The van der Waals surface area contributed by atoms with E-state index in [9.17, 15) is 13.5 Å². The summed E-state index contributed by atoms with van der Waals surface area (Å²) >= 11 is 0. The Labute approximate surface area is 109 Å². The Morgan fingerprint density at radius 2 is 1.89 bits per heavy atom. The van der Waals surface area contributed by atoms with Crippen molar-refractivity contribution in [2.75, 3.05) is 25.1 Å². The van der Waals surface area contributed by atoms with Crippen LogP contribution in [0.4, 0.5) is 0 Å². The van der Waals surface area contributed by atoms with Crippen molar-refractivity contribution in [1.82, 2.24) is 4.90 Å². The molecule has 0 radical (unpaired) electrons. The molecule has 0 heterocycles. The zero-order valence-electron chi connectivity index (χ0n) is 10.9. The van der Waals surface area contributed by atoms with Crippen molar-refractivity contribution in [3.8, 4) is 0 Å². The lowest BCUT2D eigenvalue weighted by molar-refractivity contribution is 0.126. The third kappa shape index (κ3) is 6.74. The molecule has 1 aromatic rings. The standard InChI is InChI=1S/C13H21NO3S/c1-12(15)10-14(8-9-18(2,16)17)11-13-6-4-3-5-7-13/h3-7,12,15H,8-11H2,1-2H3/t12-/m0/s1. The van der Waals surface area contributed by atoms with Crippen molar-refractivity contribution < 1.29 is 13.5 Å². The van der Waals surface area contributed by atoms with Crippen molar-refractivity contribution in [3.05, 3.63) is 35.9 Å². The molecule has 0 spiro atoms. The van der Waals surface area contributed by atoms with Gasteiger partial charge < -0.3 is 5.11 Å². The van der Waals surface area contributed by atoms with Crippen LogP contribution in [-0.4, -0.2) is 49.6 Å². The van der Waals surface area contributed by atoms with Gasteiger partial charge in [0.15, 0.2) is 0 Å². The van der Waals surface area contributed by atoms with Crippen molar-refractivity contribution >= 4 is 9.84 Å². The fourth-order valence-electron chi connectivity index (χ4n) is 1.75. The van der Waals surface area contributed by atoms with Gasteiger partial charge in [-0.15, -0.1) is 0 Å². The predicted octanol–water partition coefficient (Wildman–Crippen LogP) is 0.914. The normalized spacial score (nSPS) is 13.8. The maximum absolute atomic E-state index is 11.2. The summed E-state index contributed by atoms with van der Waals surface area (Å²) in [7, 11) is -2.97. The van der Waals surface area contributed by atoms with Crippen LogP contribution in [-0.2, 0) is 16.4 Å². The first-order valence-electron chi connectivity index (χ1n) is 5.99. The minimum absolute atomic E-state index is 0.118. The van der Waals surface area contributed by atoms with Crippen LogP contribution < -0.4 is 0 Å². The summed E-state index contributed by atoms with van der Waals surface area (Å²) in [5.41, 5.74) is 1.12. The van der Waals surface area contributed by atoms with Gasteiger partial charge in [-0.2, -0.15) is 0 Å².